The Balaban J connectivity index is 0.00000261. The molecule has 2 aromatic rings. The number of nitrogens with zero attached hydrogens (tertiary/aromatic N) is 2. The highest BCUT2D eigenvalue weighted by Gasteiger charge is 2.22. The molecule has 0 unspecified atom stereocenters. The van der Waals surface area contributed by atoms with Gasteiger partial charge in [0.15, 0.2) is 17.5 Å². The van der Waals surface area contributed by atoms with Crippen LogP contribution in [0.2, 0.25) is 0 Å². The van der Waals surface area contributed by atoms with Crippen LogP contribution in [0, 0.1) is 0 Å². The van der Waals surface area contributed by atoms with Gasteiger partial charge in [-0.3, -0.25) is 4.99 Å². The Hall–Kier alpha value is -2.16. The highest BCUT2D eigenvalue weighted by Crippen LogP contribution is 2.38. The second kappa shape index (κ2) is 9.68. The van der Waals surface area contributed by atoms with Gasteiger partial charge in [0.1, 0.15) is 0 Å². The van der Waals surface area contributed by atoms with Gasteiger partial charge in [0.25, 0.3) is 0 Å². The molecular weight excluding hydrogens is 457 g/mol. The molecule has 3 rings (SSSR count). The van der Waals surface area contributed by atoms with E-state index in [1.54, 1.807) is 28.4 Å². The summed E-state index contributed by atoms with van der Waals surface area (Å²) in [4.78, 5) is 6.66. The van der Waals surface area contributed by atoms with Crippen molar-refractivity contribution >= 4 is 35.6 Å². The third-order valence-electron chi connectivity index (χ3n) is 4.53. The van der Waals surface area contributed by atoms with Crippen molar-refractivity contribution in [2.45, 2.75) is 13.0 Å². The van der Waals surface area contributed by atoms with Gasteiger partial charge in [0.2, 0.25) is 5.75 Å². The summed E-state index contributed by atoms with van der Waals surface area (Å²) in [6, 6.07) is 12.3. The Bertz CT molecular complexity index is 786. The molecule has 0 bridgehead atoms. The average Bonchev–Trinajstić information content (AvgIpc) is 3.11. The van der Waals surface area contributed by atoms with Crippen molar-refractivity contribution in [3.8, 4) is 17.2 Å². The van der Waals surface area contributed by atoms with Crippen LogP contribution in [0.3, 0.4) is 0 Å². The molecule has 146 valence electrons. The first-order chi connectivity index (χ1) is 12.7. The van der Waals surface area contributed by atoms with Crippen molar-refractivity contribution in [3.63, 3.8) is 0 Å². The monoisotopic (exact) mass is 483 g/mol. The Morgan fingerprint density at radius 1 is 1.07 bits per heavy atom. The maximum atomic E-state index is 5.43. The number of benzene rings is 2. The summed E-state index contributed by atoms with van der Waals surface area (Å²) < 4.78 is 16.2. The molecule has 0 fully saturated rings. The number of guanidine groups is 1. The van der Waals surface area contributed by atoms with E-state index in [1.165, 1.54) is 11.3 Å². The lowest BCUT2D eigenvalue weighted by Gasteiger charge is -2.22. The second-order valence-corrected chi connectivity index (χ2v) is 5.96. The van der Waals surface area contributed by atoms with Crippen LogP contribution in [0.4, 0.5) is 5.69 Å². The number of aliphatic imine (C=N–C) groups is 1. The van der Waals surface area contributed by atoms with Crippen molar-refractivity contribution in [1.29, 1.82) is 0 Å². The SMILES string of the molecule is CN=C(NCc1cc(OC)c(OC)c(OC)c1)N1CCc2ccccc21.I. The second-order valence-electron chi connectivity index (χ2n) is 5.96. The van der Waals surface area contributed by atoms with Crippen LogP contribution in [0.5, 0.6) is 17.2 Å². The van der Waals surface area contributed by atoms with Crippen LogP contribution < -0.4 is 24.4 Å². The number of fused-ring (bicyclic) bond motifs is 1. The summed E-state index contributed by atoms with van der Waals surface area (Å²) in [6.45, 7) is 1.52. The summed E-state index contributed by atoms with van der Waals surface area (Å²) in [5, 5.41) is 3.43. The minimum atomic E-state index is 0. The standard InChI is InChI=1S/C20H25N3O3.HI/c1-21-20(23-10-9-15-7-5-6-8-16(15)23)22-13-14-11-17(24-2)19(26-4)18(12-14)25-3;/h5-8,11-12H,9-10,13H2,1-4H3,(H,21,22);1H. The lowest BCUT2D eigenvalue weighted by Crippen LogP contribution is -2.40. The van der Waals surface area contributed by atoms with Crippen LogP contribution in [-0.4, -0.2) is 40.9 Å². The highest BCUT2D eigenvalue weighted by atomic mass is 127. The van der Waals surface area contributed by atoms with Crippen molar-refractivity contribution in [2.24, 2.45) is 4.99 Å². The molecular formula is C20H26IN3O3. The van der Waals surface area contributed by atoms with Gasteiger partial charge in [0.05, 0.1) is 21.3 Å². The zero-order valence-electron chi connectivity index (χ0n) is 16.1. The molecule has 0 amide bonds. The number of methoxy groups -OCH3 is 3. The maximum absolute atomic E-state index is 5.43. The van der Waals surface area contributed by atoms with E-state index in [0.29, 0.717) is 23.8 Å². The Kier molecular flexibility index (Phi) is 7.58. The largest absolute Gasteiger partial charge is 0.493 e. The number of ether oxygens (including phenoxy) is 3. The highest BCUT2D eigenvalue weighted by molar-refractivity contribution is 14.0. The zero-order chi connectivity index (χ0) is 18.5. The number of hydrogen-bond donors (Lipinski definition) is 1. The van der Waals surface area contributed by atoms with Crippen molar-refractivity contribution in [2.75, 3.05) is 39.8 Å². The van der Waals surface area contributed by atoms with E-state index < -0.39 is 0 Å². The quantitative estimate of drug-likeness (QED) is 0.401. The normalized spacial score (nSPS) is 12.9. The van der Waals surface area contributed by atoms with Crippen molar-refractivity contribution in [1.82, 2.24) is 5.32 Å². The van der Waals surface area contributed by atoms with Crippen LogP contribution >= 0.6 is 24.0 Å². The van der Waals surface area contributed by atoms with E-state index in [0.717, 1.165) is 24.5 Å². The Morgan fingerprint density at radius 2 is 1.74 bits per heavy atom. The molecule has 0 aromatic heterocycles. The van der Waals surface area contributed by atoms with E-state index in [-0.39, 0.29) is 24.0 Å². The first-order valence-electron chi connectivity index (χ1n) is 8.56. The van der Waals surface area contributed by atoms with E-state index in [9.17, 15) is 0 Å². The fourth-order valence-corrected chi connectivity index (χ4v) is 3.27. The summed E-state index contributed by atoms with van der Waals surface area (Å²) in [7, 11) is 6.65. The predicted molar refractivity (Wildman–Crippen MR) is 119 cm³/mol. The number of anilines is 1. The van der Waals surface area contributed by atoms with Crippen LogP contribution in [-0.2, 0) is 13.0 Å². The summed E-state index contributed by atoms with van der Waals surface area (Å²) in [5.41, 5.74) is 3.59. The molecule has 0 saturated carbocycles. The van der Waals surface area contributed by atoms with Crippen LogP contribution in [0.25, 0.3) is 0 Å². The smallest absolute Gasteiger partial charge is 0.203 e. The number of para-hydroxylation sites is 1. The summed E-state index contributed by atoms with van der Waals surface area (Å²) >= 11 is 0. The zero-order valence-corrected chi connectivity index (χ0v) is 18.4. The lowest BCUT2D eigenvalue weighted by molar-refractivity contribution is 0.323. The molecule has 1 N–H and O–H groups in total. The first kappa shape index (κ1) is 21.1. The van der Waals surface area contributed by atoms with E-state index in [4.69, 9.17) is 14.2 Å². The van der Waals surface area contributed by atoms with Gasteiger partial charge in [-0.2, -0.15) is 0 Å². The molecule has 0 aliphatic carbocycles. The molecule has 0 radical (unpaired) electrons. The minimum absolute atomic E-state index is 0. The fraction of sp³-hybridized carbons (Fsp3) is 0.350. The van der Waals surface area contributed by atoms with Gasteiger partial charge < -0.3 is 24.4 Å². The molecule has 0 saturated heterocycles. The summed E-state index contributed by atoms with van der Waals surface area (Å²) in [5.74, 6) is 2.73. The lowest BCUT2D eigenvalue weighted by atomic mass is 10.1. The predicted octanol–water partition coefficient (Wildman–Crippen LogP) is 3.47. The maximum Gasteiger partial charge on any atom is 0.203 e. The molecule has 2 aromatic carbocycles. The van der Waals surface area contributed by atoms with E-state index >= 15 is 0 Å². The Morgan fingerprint density at radius 3 is 2.33 bits per heavy atom. The van der Waals surface area contributed by atoms with Gasteiger partial charge in [-0.15, -0.1) is 24.0 Å². The molecule has 0 atom stereocenters. The van der Waals surface area contributed by atoms with Gasteiger partial charge in [0, 0.05) is 25.8 Å². The first-order valence-corrected chi connectivity index (χ1v) is 8.56. The van der Waals surface area contributed by atoms with Gasteiger partial charge in [-0.25, -0.2) is 0 Å². The number of rotatable bonds is 5. The van der Waals surface area contributed by atoms with Gasteiger partial charge in [-0.1, -0.05) is 18.2 Å². The molecule has 1 aliphatic heterocycles. The van der Waals surface area contributed by atoms with Crippen molar-refractivity contribution < 1.29 is 14.2 Å². The van der Waals surface area contributed by atoms with E-state index in [1.807, 2.05) is 12.1 Å². The van der Waals surface area contributed by atoms with Crippen molar-refractivity contribution in [3.05, 3.63) is 47.5 Å². The summed E-state index contributed by atoms with van der Waals surface area (Å²) in [6.07, 6.45) is 1.03. The third-order valence-corrected chi connectivity index (χ3v) is 4.53. The van der Waals surface area contributed by atoms with Gasteiger partial charge in [-0.05, 0) is 35.7 Å². The minimum Gasteiger partial charge on any atom is -0.493 e. The third kappa shape index (κ3) is 4.40. The molecule has 6 nitrogen and oxygen atoms in total. The number of halogens is 1. The molecule has 7 heteroatoms. The van der Waals surface area contributed by atoms with Crippen LogP contribution in [0.15, 0.2) is 41.4 Å². The van der Waals surface area contributed by atoms with E-state index in [2.05, 4.69) is 39.5 Å². The molecule has 0 spiro atoms. The number of hydrogen-bond acceptors (Lipinski definition) is 4. The fourth-order valence-electron chi connectivity index (χ4n) is 3.27. The van der Waals surface area contributed by atoms with Crippen LogP contribution in [0.1, 0.15) is 11.1 Å². The number of nitrogens with one attached hydrogen (secondary N) is 1. The average molecular weight is 483 g/mol. The van der Waals surface area contributed by atoms with Gasteiger partial charge >= 0.3 is 0 Å². The molecule has 1 aliphatic rings. The Labute approximate surface area is 177 Å². The molecule has 1 heterocycles. The molecule has 27 heavy (non-hydrogen) atoms. The topological polar surface area (TPSA) is 55.3 Å².